The highest BCUT2D eigenvalue weighted by Crippen LogP contribution is 2.31. The predicted molar refractivity (Wildman–Crippen MR) is 99.7 cm³/mol. The van der Waals surface area contributed by atoms with Crippen molar-refractivity contribution < 1.29 is 9.47 Å². The standard InChI is InChI=1S/C19H24N4O2/c1-12-8-19(22-13(2)21-12)20-7-5-6-14-9-16-17(23-14)10-15(24-3)11-18(16)25-4/h8-11,23H,5-7H2,1-4H3,(H,20,21,22). The van der Waals surface area contributed by atoms with Gasteiger partial charge in [0.1, 0.15) is 23.1 Å². The zero-order valence-electron chi connectivity index (χ0n) is 15.1. The molecular formula is C19H24N4O2. The van der Waals surface area contributed by atoms with E-state index in [9.17, 15) is 0 Å². The lowest BCUT2D eigenvalue weighted by Gasteiger charge is -2.06. The van der Waals surface area contributed by atoms with Crippen LogP contribution in [0.2, 0.25) is 0 Å². The molecule has 6 nitrogen and oxygen atoms in total. The van der Waals surface area contributed by atoms with Crippen molar-refractivity contribution in [1.29, 1.82) is 0 Å². The van der Waals surface area contributed by atoms with Crippen LogP contribution in [0.25, 0.3) is 10.9 Å². The normalized spacial score (nSPS) is 10.9. The Morgan fingerprint density at radius 1 is 1.04 bits per heavy atom. The number of benzene rings is 1. The molecule has 0 atom stereocenters. The first-order valence-corrected chi connectivity index (χ1v) is 8.39. The Morgan fingerprint density at radius 3 is 2.60 bits per heavy atom. The van der Waals surface area contributed by atoms with Crippen molar-refractivity contribution in [3.05, 3.63) is 41.5 Å². The quantitative estimate of drug-likeness (QED) is 0.643. The molecule has 132 valence electrons. The molecule has 3 rings (SSSR count). The molecule has 0 spiro atoms. The summed E-state index contributed by atoms with van der Waals surface area (Å²) in [6, 6.07) is 8.01. The molecule has 2 N–H and O–H groups in total. The molecule has 0 bridgehead atoms. The van der Waals surface area contributed by atoms with Gasteiger partial charge in [0.15, 0.2) is 0 Å². The molecule has 6 heteroatoms. The Morgan fingerprint density at radius 2 is 1.88 bits per heavy atom. The number of H-pyrrole nitrogens is 1. The summed E-state index contributed by atoms with van der Waals surface area (Å²) in [6.45, 7) is 4.74. The molecule has 0 aliphatic rings. The van der Waals surface area contributed by atoms with E-state index in [2.05, 4.69) is 26.3 Å². The zero-order valence-corrected chi connectivity index (χ0v) is 15.1. The predicted octanol–water partition coefficient (Wildman–Crippen LogP) is 3.64. The minimum Gasteiger partial charge on any atom is -0.497 e. The summed E-state index contributed by atoms with van der Waals surface area (Å²) in [7, 11) is 3.34. The number of hydrogen-bond donors (Lipinski definition) is 2. The minimum atomic E-state index is 0.786. The highest BCUT2D eigenvalue weighted by atomic mass is 16.5. The molecule has 0 unspecified atom stereocenters. The maximum absolute atomic E-state index is 5.46. The fourth-order valence-corrected chi connectivity index (χ4v) is 2.96. The van der Waals surface area contributed by atoms with E-state index in [-0.39, 0.29) is 0 Å². The van der Waals surface area contributed by atoms with Crippen molar-refractivity contribution in [3.63, 3.8) is 0 Å². The Labute approximate surface area is 147 Å². The Balaban J connectivity index is 1.63. The number of methoxy groups -OCH3 is 2. The number of anilines is 1. The number of aromatic nitrogens is 3. The molecule has 0 saturated carbocycles. The third-order valence-electron chi connectivity index (χ3n) is 4.08. The second-order valence-electron chi connectivity index (χ2n) is 6.06. The number of aryl methyl sites for hydroxylation is 3. The Kier molecular flexibility index (Phi) is 5.07. The monoisotopic (exact) mass is 340 g/mol. The van der Waals surface area contributed by atoms with Gasteiger partial charge in [0, 0.05) is 41.5 Å². The lowest BCUT2D eigenvalue weighted by atomic mass is 10.2. The summed E-state index contributed by atoms with van der Waals surface area (Å²) in [6.07, 6.45) is 1.94. The van der Waals surface area contributed by atoms with Gasteiger partial charge in [-0.25, -0.2) is 9.97 Å². The van der Waals surface area contributed by atoms with Crippen LogP contribution in [0.1, 0.15) is 23.6 Å². The van der Waals surface area contributed by atoms with Gasteiger partial charge in [-0.05, 0) is 32.8 Å². The van der Waals surface area contributed by atoms with Gasteiger partial charge in [-0.3, -0.25) is 0 Å². The van der Waals surface area contributed by atoms with E-state index in [0.29, 0.717) is 0 Å². The summed E-state index contributed by atoms with van der Waals surface area (Å²) < 4.78 is 10.8. The smallest absolute Gasteiger partial charge is 0.131 e. The van der Waals surface area contributed by atoms with Crippen LogP contribution >= 0.6 is 0 Å². The molecule has 25 heavy (non-hydrogen) atoms. The van der Waals surface area contributed by atoms with Crippen LogP contribution in [0, 0.1) is 13.8 Å². The van der Waals surface area contributed by atoms with Gasteiger partial charge < -0.3 is 19.8 Å². The van der Waals surface area contributed by atoms with Crippen LogP contribution < -0.4 is 14.8 Å². The van der Waals surface area contributed by atoms with Gasteiger partial charge in [-0.1, -0.05) is 0 Å². The maximum Gasteiger partial charge on any atom is 0.131 e. The molecule has 0 aliphatic carbocycles. The lowest BCUT2D eigenvalue weighted by molar-refractivity contribution is 0.398. The largest absolute Gasteiger partial charge is 0.497 e. The highest BCUT2D eigenvalue weighted by molar-refractivity contribution is 5.88. The summed E-state index contributed by atoms with van der Waals surface area (Å²) >= 11 is 0. The molecule has 0 aliphatic heterocycles. The van der Waals surface area contributed by atoms with Crippen LogP contribution in [0.5, 0.6) is 11.5 Å². The summed E-state index contributed by atoms with van der Waals surface area (Å²) in [5, 5.41) is 4.44. The topological polar surface area (TPSA) is 72.1 Å². The summed E-state index contributed by atoms with van der Waals surface area (Å²) in [4.78, 5) is 12.1. The molecule has 2 heterocycles. The molecule has 0 fully saturated rings. The average molecular weight is 340 g/mol. The van der Waals surface area contributed by atoms with Gasteiger partial charge in [0.2, 0.25) is 0 Å². The van der Waals surface area contributed by atoms with Gasteiger partial charge in [-0.15, -0.1) is 0 Å². The fraction of sp³-hybridized carbons (Fsp3) is 0.368. The SMILES string of the molecule is COc1cc(OC)c2cc(CCCNc3cc(C)nc(C)n3)[nH]c2c1. The Hall–Kier alpha value is -2.76. The van der Waals surface area contributed by atoms with E-state index in [1.165, 1.54) is 5.69 Å². The summed E-state index contributed by atoms with van der Waals surface area (Å²) in [5.74, 6) is 3.28. The number of nitrogens with zero attached hydrogens (tertiary/aromatic N) is 2. The molecule has 2 aromatic heterocycles. The van der Waals surface area contributed by atoms with Crippen molar-refractivity contribution in [2.45, 2.75) is 26.7 Å². The third kappa shape index (κ3) is 4.02. The van der Waals surface area contributed by atoms with Crippen LogP contribution in [0.3, 0.4) is 0 Å². The highest BCUT2D eigenvalue weighted by Gasteiger charge is 2.09. The first kappa shape index (κ1) is 17.1. The zero-order chi connectivity index (χ0) is 17.8. The first-order valence-electron chi connectivity index (χ1n) is 8.39. The maximum atomic E-state index is 5.46. The van der Waals surface area contributed by atoms with Gasteiger partial charge in [0.05, 0.1) is 19.7 Å². The van der Waals surface area contributed by atoms with Gasteiger partial charge in [0.25, 0.3) is 0 Å². The van der Waals surface area contributed by atoms with E-state index in [1.54, 1.807) is 14.2 Å². The van der Waals surface area contributed by atoms with Crippen molar-refractivity contribution in [2.75, 3.05) is 26.1 Å². The van der Waals surface area contributed by atoms with Crippen LogP contribution in [0.4, 0.5) is 5.82 Å². The van der Waals surface area contributed by atoms with E-state index in [4.69, 9.17) is 9.47 Å². The number of fused-ring (bicyclic) bond motifs is 1. The second kappa shape index (κ2) is 7.42. The number of rotatable bonds is 7. The van der Waals surface area contributed by atoms with Crippen molar-refractivity contribution in [2.24, 2.45) is 0 Å². The molecule has 0 radical (unpaired) electrons. The second-order valence-corrected chi connectivity index (χ2v) is 6.06. The van der Waals surface area contributed by atoms with E-state index >= 15 is 0 Å². The number of aromatic amines is 1. The van der Waals surface area contributed by atoms with Crippen molar-refractivity contribution in [3.8, 4) is 11.5 Å². The molecule has 3 aromatic rings. The van der Waals surface area contributed by atoms with E-state index in [0.717, 1.165) is 59.1 Å². The Bertz CT molecular complexity index is 853. The van der Waals surface area contributed by atoms with E-state index in [1.807, 2.05) is 32.0 Å². The molecular weight excluding hydrogens is 316 g/mol. The molecule has 0 saturated heterocycles. The van der Waals surface area contributed by atoms with Crippen LogP contribution in [-0.4, -0.2) is 35.7 Å². The summed E-state index contributed by atoms with van der Waals surface area (Å²) in [5.41, 5.74) is 3.19. The molecule has 1 aromatic carbocycles. The van der Waals surface area contributed by atoms with E-state index < -0.39 is 0 Å². The third-order valence-corrected chi connectivity index (χ3v) is 4.08. The first-order chi connectivity index (χ1) is 12.1. The minimum absolute atomic E-state index is 0.786. The molecule has 0 amide bonds. The van der Waals surface area contributed by atoms with Crippen LogP contribution in [-0.2, 0) is 6.42 Å². The van der Waals surface area contributed by atoms with Crippen molar-refractivity contribution >= 4 is 16.7 Å². The fourth-order valence-electron chi connectivity index (χ4n) is 2.96. The number of nitrogens with one attached hydrogen (secondary N) is 2. The number of ether oxygens (including phenoxy) is 2. The van der Waals surface area contributed by atoms with Crippen molar-refractivity contribution in [1.82, 2.24) is 15.0 Å². The number of hydrogen-bond acceptors (Lipinski definition) is 5. The van der Waals surface area contributed by atoms with Gasteiger partial charge in [-0.2, -0.15) is 0 Å². The van der Waals surface area contributed by atoms with Gasteiger partial charge >= 0.3 is 0 Å². The lowest BCUT2D eigenvalue weighted by Crippen LogP contribution is -2.06. The van der Waals surface area contributed by atoms with Crippen LogP contribution in [0.15, 0.2) is 24.3 Å². The average Bonchev–Trinajstić information content (AvgIpc) is 2.99.